The van der Waals surface area contributed by atoms with Crippen molar-refractivity contribution in [3.8, 4) is 5.75 Å². The number of fused-ring (bicyclic) bond motifs is 2. The van der Waals surface area contributed by atoms with Gasteiger partial charge in [-0.15, -0.1) is 0 Å². The molecular formula is C30H31N3O3. The van der Waals surface area contributed by atoms with Gasteiger partial charge in [0.15, 0.2) is 6.61 Å². The Hall–Kier alpha value is -4.19. The number of benzene rings is 4. The number of aryl methyl sites for hydroxylation is 1. The lowest BCUT2D eigenvalue weighted by Crippen LogP contribution is -2.47. The minimum atomic E-state index is -0.723. The number of nitrogens with zero attached hydrogens (tertiary/aromatic N) is 1. The molecule has 0 aromatic heterocycles. The second kappa shape index (κ2) is 11.5. The van der Waals surface area contributed by atoms with Crippen LogP contribution < -0.4 is 15.5 Å². The number of carbonyl (C=O) groups excluding carboxylic acids is 2. The van der Waals surface area contributed by atoms with Crippen LogP contribution in [0, 0.1) is 12.8 Å². The summed E-state index contributed by atoms with van der Waals surface area (Å²) in [6.07, 6.45) is 2.16. The second-order valence-electron chi connectivity index (χ2n) is 9.27. The van der Waals surface area contributed by atoms with Crippen LogP contribution in [0.4, 0.5) is 0 Å². The van der Waals surface area contributed by atoms with Gasteiger partial charge in [-0.2, -0.15) is 5.10 Å². The van der Waals surface area contributed by atoms with E-state index in [1.165, 1.54) is 0 Å². The molecule has 0 saturated heterocycles. The Morgan fingerprint density at radius 2 is 1.53 bits per heavy atom. The second-order valence-corrected chi connectivity index (χ2v) is 9.27. The molecule has 0 aliphatic heterocycles. The van der Waals surface area contributed by atoms with Crippen LogP contribution >= 0.6 is 0 Å². The summed E-state index contributed by atoms with van der Waals surface area (Å²) >= 11 is 0. The van der Waals surface area contributed by atoms with Crippen LogP contribution in [0.3, 0.4) is 0 Å². The maximum Gasteiger partial charge on any atom is 0.262 e. The number of hydrogen-bond acceptors (Lipinski definition) is 4. The maximum absolute atomic E-state index is 13.0. The number of amides is 2. The van der Waals surface area contributed by atoms with E-state index in [0.29, 0.717) is 12.2 Å². The molecule has 1 atom stereocenters. The fraction of sp³-hybridized carbons (Fsp3) is 0.233. The number of hydrogen-bond donors (Lipinski definition) is 2. The van der Waals surface area contributed by atoms with E-state index in [2.05, 4.69) is 34.0 Å². The smallest absolute Gasteiger partial charge is 0.262 e. The Morgan fingerprint density at radius 1 is 0.917 bits per heavy atom. The van der Waals surface area contributed by atoms with Crippen molar-refractivity contribution >= 4 is 39.6 Å². The molecule has 0 aliphatic rings. The summed E-state index contributed by atoms with van der Waals surface area (Å²) in [5.74, 6) is 0.116. The van der Waals surface area contributed by atoms with E-state index in [0.717, 1.165) is 32.7 Å². The van der Waals surface area contributed by atoms with Crippen LogP contribution in [0.25, 0.3) is 21.5 Å². The first-order valence-corrected chi connectivity index (χ1v) is 12.1. The van der Waals surface area contributed by atoms with Crippen molar-refractivity contribution in [2.45, 2.75) is 33.2 Å². The summed E-state index contributed by atoms with van der Waals surface area (Å²) in [7, 11) is 0. The van der Waals surface area contributed by atoms with Crippen molar-refractivity contribution in [1.82, 2.24) is 10.7 Å². The van der Waals surface area contributed by atoms with Crippen molar-refractivity contribution in [1.29, 1.82) is 0 Å². The van der Waals surface area contributed by atoms with E-state index in [1.807, 2.05) is 81.4 Å². The Labute approximate surface area is 211 Å². The lowest BCUT2D eigenvalue weighted by Gasteiger charge is -2.19. The quantitative estimate of drug-likeness (QED) is 0.192. The Balaban J connectivity index is 1.47. The van der Waals surface area contributed by atoms with Gasteiger partial charge in [0, 0.05) is 5.56 Å². The van der Waals surface area contributed by atoms with Crippen LogP contribution in [0.2, 0.25) is 0 Å². The van der Waals surface area contributed by atoms with Crippen molar-refractivity contribution < 1.29 is 14.3 Å². The van der Waals surface area contributed by atoms with E-state index >= 15 is 0 Å². The fourth-order valence-corrected chi connectivity index (χ4v) is 4.23. The molecule has 4 aromatic rings. The van der Waals surface area contributed by atoms with Crippen molar-refractivity contribution in [3.63, 3.8) is 0 Å². The Kier molecular flexibility index (Phi) is 7.95. The zero-order chi connectivity index (χ0) is 25.5. The molecule has 0 radical (unpaired) electrons. The van der Waals surface area contributed by atoms with Gasteiger partial charge in [-0.3, -0.25) is 9.59 Å². The zero-order valence-electron chi connectivity index (χ0n) is 20.8. The Morgan fingerprint density at radius 3 is 2.17 bits per heavy atom. The summed E-state index contributed by atoms with van der Waals surface area (Å²) < 4.78 is 5.63. The van der Waals surface area contributed by atoms with Gasteiger partial charge >= 0.3 is 0 Å². The maximum atomic E-state index is 13.0. The first kappa shape index (κ1) is 24.9. The summed E-state index contributed by atoms with van der Waals surface area (Å²) in [5, 5.41) is 11.4. The molecule has 0 heterocycles. The minimum absolute atomic E-state index is 0.169. The molecule has 4 aromatic carbocycles. The highest BCUT2D eigenvalue weighted by Crippen LogP contribution is 2.27. The van der Waals surface area contributed by atoms with Crippen LogP contribution in [0.1, 0.15) is 31.4 Å². The number of carbonyl (C=O) groups is 2. The molecule has 0 fully saturated rings. The lowest BCUT2D eigenvalue weighted by atomic mass is 9.97. The first-order chi connectivity index (χ1) is 17.4. The molecule has 4 rings (SSSR count). The van der Waals surface area contributed by atoms with Crippen LogP contribution in [-0.2, 0) is 9.59 Å². The average Bonchev–Trinajstić information content (AvgIpc) is 2.87. The highest BCUT2D eigenvalue weighted by Gasteiger charge is 2.22. The zero-order valence-corrected chi connectivity index (χ0v) is 20.8. The van der Waals surface area contributed by atoms with Gasteiger partial charge in [-0.25, -0.2) is 5.43 Å². The molecule has 36 heavy (non-hydrogen) atoms. The summed E-state index contributed by atoms with van der Waals surface area (Å²) in [6.45, 7) is 5.75. The van der Waals surface area contributed by atoms with Gasteiger partial charge in [0.1, 0.15) is 11.8 Å². The molecule has 0 bridgehead atoms. The third kappa shape index (κ3) is 6.08. The summed E-state index contributed by atoms with van der Waals surface area (Å²) in [4.78, 5) is 25.5. The van der Waals surface area contributed by atoms with E-state index < -0.39 is 6.04 Å². The van der Waals surface area contributed by atoms with Gasteiger partial charge in [0.25, 0.3) is 11.8 Å². The number of ether oxygens (including phenoxy) is 1. The summed E-state index contributed by atoms with van der Waals surface area (Å²) in [5.41, 5.74) is 4.50. The van der Waals surface area contributed by atoms with Gasteiger partial charge in [-0.05, 0) is 58.5 Å². The van der Waals surface area contributed by atoms with E-state index in [1.54, 1.807) is 6.21 Å². The van der Waals surface area contributed by atoms with Gasteiger partial charge < -0.3 is 10.1 Å². The van der Waals surface area contributed by atoms with Crippen molar-refractivity contribution in [2.75, 3.05) is 6.61 Å². The van der Waals surface area contributed by atoms with Crippen molar-refractivity contribution in [3.05, 3.63) is 90.0 Å². The highest BCUT2D eigenvalue weighted by molar-refractivity contribution is 6.13. The molecule has 184 valence electrons. The Bertz CT molecular complexity index is 1360. The molecular weight excluding hydrogens is 450 g/mol. The lowest BCUT2D eigenvalue weighted by molar-refractivity contribution is -0.130. The van der Waals surface area contributed by atoms with Gasteiger partial charge in [-0.1, -0.05) is 80.6 Å². The highest BCUT2D eigenvalue weighted by atomic mass is 16.5. The number of nitrogens with one attached hydrogen (secondary N) is 2. The molecule has 0 unspecified atom stereocenters. The average molecular weight is 482 g/mol. The van der Waals surface area contributed by atoms with E-state index in [9.17, 15) is 9.59 Å². The predicted octanol–water partition coefficient (Wildman–Crippen LogP) is 5.36. The first-order valence-electron chi connectivity index (χ1n) is 12.1. The SMILES string of the molecule is Cc1ccccc1OCC(=O)N[C@@H](CC(C)C)C(=O)N/N=C\c1c2ccccc2cc2ccccc12. The molecule has 6 nitrogen and oxygen atoms in total. The third-order valence-electron chi connectivity index (χ3n) is 5.99. The van der Waals surface area contributed by atoms with Gasteiger partial charge in [0.2, 0.25) is 0 Å². The van der Waals surface area contributed by atoms with Crippen LogP contribution in [0.5, 0.6) is 5.75 Å². The number of rotatable bonds is 9. The molecule has 0 saturated carbocycles. The molecule has 2 amide bonds. The minimum Gasteiger partial charge on any atom is -0.484 e. The standard InChI is InChI=1S/C30H31N3O3/c1-20(2)16-27(32-29(34)19-36-28-15-9-4-10-21(28)3)30(35)33-31-18-26-24-13-7-5-11-22(24)17-23-12-6-8-14-25(23)26/h4-15,17-18,20,27H,16,19H2,1-3H3,(H,32,34)(H,33,35)/b31-18-/t27-/m0/s1. The largest absolute Gasteiger partial charge is 0.484 e. The predicted molar refractivity (Wildman–Crippen MR) is 145 cm³/mol. The van der Waals surface area contributed by atoms with E-state index in [-0.39, 0.29) is 24.3 Å². The van der Waals surface area contributed by atoms with Crippen LogP contribution in [0.15, 0.2) is 84.0 Å². The normalized spacial score (nSPS) is 12.2. The summed E-state index contributed by atoms with van der Waals surface area (Å²) in [6, 6.07) is 25.1. The van der Waals surface area contributed by atoms with Gasteiger partial charge in [0.05, 0.1) is 6.21 Å². The molecule has 0 aliphatic carbocycles. The topological polar surface area (TPSA) is 79.8 Å². The third-order valence-corrected chi connectivity index (χ3v) is 5.99. The monoisotopic (exact) mass is 481 g/mol. The molecule has 6 heteroatoms. The number of para-hydroxylation sites is 1. The fourth-order valence-electron chi connectivity index (χ4n) is 4.23. The van der Waals surface area contributed by atoms with E-state index in [4.69, 9.17) is 4.74 Å². The van der Waals surface area contributed by atoms with Crippen LogP contribution in [-0.4, -0.2) is 30.7 Å². The number of hydrazone groups is 1. The molecule has 0 spiro atoms. The van der Waals surface area contributed by atoms with Crippen molar-refractivity contribution in [2.24, 2.45) is 11.0 Å². The molecule has 2 N–H and O–H groups in total.